The monoisotopic (exact) mass is 441 g/mol. The predicted molar refractivity (Wildman–Crippen MR) is 117 cm³/mol. The minimum absolute atomic E-state index is 0.0178. The van der Waals surface area contributed by atoms with Crippen molar-refractivity contribution < 1.29 is 19.4 Å². The van der Waals surface area contributed by atoms with Crippen LogP contribution in [0.2, 0.25) is 0 Å². The number of nitrogens with one attached hydrogen (secondary N) is 1. The van der Waals surface area contributed by atoms with Gasteiger partial charge in [0.05, 0.1) is 20.4 Å². The number of amides is 1. The highest BCUT2D eigenvalue weighted by Crippen LogP contribution is 2.32. The van der Waals surface area contributed by atoms with Gasteiger partial charge in [-0.15, -0.1) is 11.3 Å². The molecule has 0 saturated heterocycles. The Balaban J connectivity index is 1.76. The highest BCUT2D eigenvalue weighted by atomic mass is 32.1. The average molecular weight is 441 g/mol. The van der Waals surface area contributed by atoms with Gasteiger partial charge in [-0.2, -0.15) is 0 Å². The van der Waals surface area contributed by atoms with Crippen molar-refractivity contribution in [1.29, 1.82) is 0 Å². The molecule has 0 bridgehead atoms. The molecule has 0 fully saturated rings. The Morgan fingerprint density at radius 2 is 1.61 bits per heavy atom. The maximum atomic E-state index is 12.6. The molecule has 0 radical (unpaired) electrons. The Bertz CT molecular complexity index is 1130. The highest BCUT2D eigenvalue weighted by Gasteiger charge is 2.24. The van der Waals surface area contributed by atoms with Gasteiger partial charge >= 0.3 is 0 Å². The van der Waals surface area contributed by atoms with Gasteiger partial charge in [-0.3, -0.25) is 25.0 Å². The fourth-order valence-corrected chi connectivity index (χ4v) is 3.87. The third-order valence-electron chi connectivity index (χ3n) is 4.67. The van der Waals surface area contributed by atoms with Gasteiger partial charge in [-0.1, -0.05) is 18.2 Å². The van der Waals surface area contributed by atoms with Crippen LogP contribution in [0.1, 0.15) is 31.9 Å². The van der Waals surface area contributed by atoms with Crippen molar-refractivity contribution in [3.8, 4) is 5.75 Å². The minimum Gasteiger partial charge on any atom is -0.488 e. The van der Waals surface area contributed by atoms with Crippen molar-refractivity contribution >= 4 is 34.3 Å². The largest absolute Gasteiger partial charge is 0.488 e. The van der Waals surface area contributed by atoms with Crippen molar-refractivity contribution in [1.82, 2.24) is 0 Å². The number of hydrogen-bond acceptors (Lipinski definition) is 7. The maximum Gasteiger partial charge on any atom is 0.281 e. The Morgan fingerprint density at radius 3 is 2.16 bits per heavy atom. The second-order valence-electron chi connectivity index (χ2n) is 6.94. The molecule has 3 aromatic rings. The van der Waals surface area contributed by atoms with E-state index in [9.17, 15) is 25.0 Å². The lowest BCUT2D eigenvalue weighted by molar-refractivity contribution is -0.395. The number of ether oxygens (including phenoxy) is 1. The molecule has 0 atom stereocenters. The Labute approximate surface area is 181 Å². The van der Waals surface area contributed by atoms with E-state index in [2.05, 4.69) is 5.32 Å². The molecule has 1 amide bonds. The molecule has 0 spiro atoms. The van der Waals surface area contributed by atoms with Crippen LogP contribution in [-0.2, 0) is 6.61 Å². The summed E-state index contributed by atoms with van der Waals surface area (Å²) < 4.78 is 5.89. The third kappa shape index (κ3) is 4.86. The van der Waals surface area contributed by atoms with Gasteiger partial charge in [0.2, 0.25) is 0 Å². The van der Waals surface area contributed by atoms with E-state index in [1.807, 2.05) is 32.0 Å². The number of nitrogens with zero attached hydrogens (tertiary/aromatic N) is 2. The number of carbonyl (C=O) groups excluding carboxylic acids is 1. The van der Waals surface area contributed by atoms with Crippen molar-refractivity contribution in [2.45, 2.75) is 27.4 Å². The SMILES string of the molecule is Cc1cccc(C)c1OCc1csc(C(=O)Nc2cc([N+](=O)[O-])c(C)c([N+](=O)[O-])c2)c1. The first kappa shape index (κ1) is 21.9. The molecule has 0 aliphatic heterocycles. The van der Waals surface area contributed by atoms with E-state index in [4.69, 9.17) is 4.74 Å². The molecular weight excluding hydrogens is 422 g/mol. The van der Waals surface area contributed by atoms with Crippen molar-refractivity contribution in [3.05, 3.63) is 89.1 Å². The van der Waals surface area contributed by atoms with Gasteiger partial charge in [0, 0.05) is 17.7 Å². The fourth-order valence-electron chi connectivity index (χ4n) is 3.08. The molecule has 9 nitrogen and oxygen atoms in total. The van der Waals surface area contributed by atoms with Gasteiger partial charge < -0.3 is 10.1 Å². The highest BCUT2D eigenvalue weighted by molar-refractivity contribution is 7.12. The molecule has 0 aliphatic carbocycles. The summed E-state index contributed by atoms with van der Waals surface area (Å²) in [6.45, 7) is 5.48. The maximum absolute atomic E-state index is 12.6. The van der Waals surface area contributed by atoms with Crippen LogP contribution in [-0.4, -0.2) is 15.8 Å². The van der Waals surface area contributed by atoms with Crippen LogP contribution in [0.25, 0.3) is 0 Å². The fraction of sp³-hybridized carbons (Fsp3) is 0.190. The van der Waals surface area contributed by atoms with Crippen LogP contribution in [0.15, 0.2) is 41.8 Å². The number of rotatable bonds is 7. The second kappa shape index (κ2) is 8.92. The standard InChI is InChI=1S/C21H19N3O6S/c1-12-5-4-6-13(2)20(12)30-10-15-7-19(31-11-15)21(25)22-16-8-17(23(26)27)14(3)18(9-16)24(28)29/h4-9,11H,10H2,1-3H3,(H,22,25). The number of benzene rings is 2. The second-order valence-corrected chi connectivity index (χ2v) is 7.85. The van der Waals surface area contributed by atoms with E-state index in [0.717, 1.165) is 34.6 Å². The third-order valence-corrected chi connectivity index (χ3v) is 5.65. The molecule has 0 aliphatic rings. The van der Waals surface area contributed by atoms with Crippen LogP contribution in [0.5, 0.6) is 5.75 Å². The first-order valence-electron chi connectivity index (χ1n) is 9.18. The zero-order valence-corrected chi connectivity index (χ0v) is 17.8. The topological polar surface area (TPSA) is 125 Å². The molecule has 2 aromatic carbocycles. The summed E-state index contributed by atoms with van der Waals surface area (Å²) in [6.07, 6.45) is 0. The van der Waals surface area contributed by atoms with E-state index in [0.29, 0.717) is 4.88 Å². The minimum atomic E-state index is -0.716. The van der Waals surface area contributed by atoms with E-state index < -0.39 is 27.1 Å². The molecule has 0 unspecified atom stereocenters. The zero-order valence-electron chi connectivity index (χ0n) is 17.0. The lowest BCUT2D eigenvalue weighted by Gasteiger charge is -2.11. The van der Waals surface area contributed by atoms with Gasteiger partial charge in [-0.25, -0.2) is 0 Å². The van der Waals surface area contributed by atoms with Crippen LogP contribution in [0.3, 0.4) is 0 Å². The van der Waals surface area contributed by atoms with Crippen molar-refractivity contribution in [2.75, 3.05) is 5.32 Å². The van der Waals surface area contributed by atoms with Crippen LogP contribution in [0, 0.1) is 41.0 Å². The van der Waals surface area contributed by atoms with Crippen molar-refractivity contribution in [3.63, 3.8) is 0 Å². The summed E-state index contributed by atoms with van der Waals surface area (Å²) in [5.41, 5.74) is 1.85. The molecule has 0 saturated carbocycles. The first-order chi connectivity index (χ1) is 14.7. The number of nitro benzene ring substituents is 2. The lowest BCUT2D eigenvalue weighted by Crippen LogP contribution is -2.11. The van der Waals surface area contributed by atoms with E-state index in [1.54, 1.807) is 11.4 Å². The van der Waals surface area contributed by atoms with E-state index in [1.165, 1.54) is 18.3 Å². The van der Waals surface area contributed by atoms with Crippen molar-refractivity contribution in [2.24, 2.45) is 0 Å². The molecule has 10 heteroatoms. The average Bonchev–Trinajstić information content (AvgIpc) is 3.17. The Kier molecular flexibility index (Phi) is 6.30. The molecular formula is C21H19N3O6S. The van der Waals surface area contributed by atoms with Gasteiger partial charge in [0.25, 0.3) is 17.3 Å². The quantitative estimate of drug-likeness (QED) is 0.391. The molecule has 1 aromatic heterocycles. The van der Waals surface area contributed by atoms with Gasteiger partial charge in [0.1, 0.15) is 17.9 Å². The molecule has 160 valence electrons. The number of para-hydroxylation sites is 1. The molecule has 1 heterocycles. The number of carbonyl (C=O) groups is 1. The molecule has 31 heavy (non-hydrogen) atoms. The summed E-state index contributed by atoms with van der Waals surface area (Å²) >= 11 is 1.18. The van der Waals surface area contributed by atoms with E-state index in [-0.39, 0.29) is 17.9 Å². The summed E-state index contributed by atoms with van der Waals surface area (Å²) in [5.74, 6) is 0.273. The van der Waals surface area contributed by atoms with Gasteiger partial charge in [-0.05, 0) is 43.3 Å². The summed E-state index contributed by atoms with van der Waals surface area (Å²) in [5, 5.41) is 26.7. The lowest BCUT2D eigenvalue weighted by atomic mass is 10.1. The Morgan fingerprint density at radius 1 is 1.03 bits per heavy atom. The first-order valence-corrected chi connectivity index (χ1v) is 10.1. The van der Waals surface area contributed by atoms with Gasteiger partial charge in [0.15, 0.2) is 0 Å². The van der Waals surface area contributed by atoms with Crippen LogP contribution >= 0.6 is 11.3 Å². The zero-order chi connectivity index (χ0) is 22.7. The van der Waals surface area contributed by atoms with Crippen LogP contribution < -0.4 is 10.1 Å². The smallest absolute Gasteiger partial charge is 0.281 e. The number of nitro groups is 2. The van der Waals surface area contributed by atoms with Crippen LogP contribution in [0.4, 0.5) is 17.1 Å². The number of aryl methyl sites for hydroxylation is 2. The number of thiophene rings is 1. The predicted octanol–water partition coefficient (Wildman–Crippen LogP) is 5.32. The normalized spacial score (nSPS) is 10.5. The summed E-state index contributed by atoms with van der Waals surface area (Å²) in [7, 11) is 0. The summed E-state index contributed by atoms with van der Waals surface area (Å²) in [4.78, 5) is 33.9. The summed E-state index contributed by atoms with van der Waals surface area (Å²) in [6, 6.07) is 9.73. The number of anilines is 1. The molecule has 3 rings (SSSR count). The Hall–Kier alpha value is -3.79. The van der Waals surface area contributed by atoms with E-state index >= 15 is 0 Å². The molecule has 1 N–H and O–H groups in total. The number of hydrogen-bond donors (Lipinski definition) is 1.